The van der Waals surface area contributed by atoms with Gasteiger partial charge in [0.15, 0.2) is 0 Å². The van der Waals surface area contributed by atoms with Gasteiger partial charge in [0.05, 0.1) is 12.0 Å². The summed E-state index contributed by atoms with van der Waals surface area (Å²) in [5.41, 5.74) is 2.09. The van der Waals surface area contributed by atoms with Crippen LogP contribution in [0.3, 0.4) is 0 Å². The number of esters is 1. The number of nitrogens with zero attached hydrogens (tertiary/aromatic N) is 1. The van der Waals surface area contributed by atoms with Gasteiger partial charge in [0.1, 0.15) is 0 Å². The number of carbonyl (C=O) groups excluding carboxylic acids is 2. The molecule has 27 heavy (non-hydrogen) atoms. The Kier molecular flexibility index (Phi) is 6.37. The van der Waals surface area contributed by atoms with Gasteiger partial charge in [-0.2, -0.15) is 0 Å². The second-order valence-electron chi connectivity index (χ2n) is 5.78. The van der Waals surface area contributed by atoms with Gasteiger partial charge in [0.2, 0.25) is 5.78 Å². The zero-order valence-electron chi connectivity index (χ0n) is 14.5. The Morgan fingerprint density at radius 2 is 1.70 bits per heavy atom. The van der Waals surface area contributed by atoms with Gasteiger partial charge >= 0.3 is 11.9 Å². The van der Waals surface area contributed by atoms with Crippen molar-refractivity contribution in [2.24, 2.45) is 0 Å². The minimum atomic E-state index is -1.06. The fourth-order valence-corrected chi connectivity index (χ4v) is 2.56. The highest BCUT2D eigenvalue weighted by molar-refractivity contribution is 6.34. The maximum absolute atomic E-state index is 11.8. The summed E-state index contributed by atoms with van der Waals surface area (Å²) in [6.07, 6.45) is -0.0149. The molecular weight excluding hydrogens is 354 g/mol. The van der Waals surface area contributed by atoms with Crippen LogP contribution >= 0.6 is 0 Å². The molecule has 2 aromatic carbocycles. The first-order valence-corrected chi connectivity index (χ1v) is 8.01. The normalized spacial score (nSPS) is 10.3. The molecule has 0 atom stereocenters. The van der Waals surface area contributed by atoms with Crippen molar-refractivity contribution in [3.05, 3.63) is 63.7 Å². The van der Waals surface area contributed by atoms with Crippen LogP contribution in [-0.4, -0.2) is 34.9 Å². The van der Waals surface area contributed by atoms with E-state index in [1.165, 1.54) is 12.1 Å². The molecule has 0 spiro atoms. The maximum Gasteiger partial charge on any atom is 0.374 e. The molecule has 0 heterocycles. The van der Waals surface area contributed by atoms with Crippen LogP contribution in [0.4, 0.5) is 5.69 Å². The molecular formula is C19H17NO7. The molecule has 8 nitrogen and oxygen atoms in total. The Labute approximate surface area is 154 Å². The number of aryl methyl sites for hydroxylation is 1. The van der Waals surface area contributed by atoms with Crippen molar-refractivity contribution in [3.63, 3.8) is 0 Å². The highest BCUT2D eigenvalue weighted by atomic mass is 16.6. The molecule has 0 aliphatic carbocycles. The van der Waals surface area contributed by atoms with Crippen LogP contribution in [-0.2, 0) is 32.0 Å². The number of hydrogen-bond acceptors (Lipinski definition) is 6. The first kappa shape index (κ1) is 19.8. The van der Waals surface area contributed by atoms with E-state index < -0.39 is 29.1 Å². The molecule has 140 valence electrons. The van der Waals surface area contributed by atoms with Crippen molar-refractivity contribution >= 4 is 23.4 Å². The number of methoxy groups -OCH3 is 1. The lowest BCUT2D eigenvalue weighted by atomic mass is 9.97. The number of ether oxygens (including phenoxy) is 1. The van der Waals surface area contributed by atoms with Gasteiger partial charge in [-0.25, -0.2) is 4.79 Å². The summed E-state index contributed by atoms with van der Waals surface area (Å²) >= 11 is 0. The third kappa shape index (κ3) is 5.21. The minimum absolute atomic E-state index is 0.0245. The van der Waals surface area contributed by atoms with Crippen molar-refractivity contribution in [2.45, 2.75) is 19.3 Å². The predicted octanol–water partition coefficient (Wildman–Crippen LogP) is 2.56. The molecule has 0 bridgehead atoms. The average Bonchev–Trinajstić information content (AvgIpc) is 2.65. The molecule has 0 aliphatic heterocycles. The number of carboxylic acids is 1. The first-order valence-electron chi connectivity index (χ1n) is 8.01. The molecule has 0 amide bonds. The summed E-state index contributed by atoms with van der Waals surface area (Å²) in [7, 11) is 1.07. The molecule has 8 heteroatoms. The highest BCUT2D eigenvalue weighted by Gasteiger charge is 2.22. The van der Waals surface area contributed by atoms with Gasteiger partial charge in [-0.1, -0.05) is 24.3 Å². The number of hydrogen-bond donors (Lipinski definition) is 1. The number of carboxylic acid groups (broad SMARTS) is 1. The molecule has 0 saturated heterocycles. The topological polar surface area (TPSA) is 124 Å². The number of rotatable bonds is 8. The first-order chi connectivity index (χ1) is 12.8. The van der Waals surface area contributed by atoms with Gasteiger partial charge in [-0.05, 0) is 35.2 Å². The summed E-state index contributed by atoms with van der Waals surface area (Å²) in [5, 5.41) is 19.9. The lowest BCUT2D eigenvalue weighted by Gasteiger charge is -2.07. The van der Waals surface area contributed by atoms with E-state index >= 15 is 0 Å². The van der Waals surface area contributed by atoms with Gasteiger partial charge in [-0.15, -0.1) is 0 Å². The molecule has 1 N–H and O–H groups in total. The Morgan fingerprint density at radius 3 is 2.26 bits per heavy atom. The largest absolute Gasteiger partial charge is 0.481 e. The number of nitro benzene ring substituents is 1. The number of Topliss-reactive ketones (excluding diaryl/α,β-unsaturated/α-hetero) is 1. The summed E-state index contributed by atoms with van der Waals surface area (Å²) in [5.74, 6) is -2.81. The van der Waals surface area contributed by atoms with Gasteiger partial charge < -0.3 is 9.84 Å². The third-order valence-electron chi connectivity index (χ3n) is 3.96. The van der Waals surface area contributed by atoms with E-state index in [1.54, 1.807) is 30.3 Å². The van der Waals surface area contributed by atoms with E-state index in [4.69, 9.17) is 5.11 Å². The lowest BCUT2D eigenvalue weighted by molar-refractivity contribution is -0.385. The van der Waals surface area contributed by atoms with Crippen molar-refractivity contribution < 1.29 is 29.2 Å². The summed E-state index contributed by atoms with van der Waals surface area (Å²) in [6, 6.07) is 11.4. The Hall–Kier alpha value is -3.55. The third-order valence-corrected chi connectivity index (χ3v) is 3.96. The summed E-state index contributed by atoms with van der Waals surface area (Å²) in [6.45, 7) is 0. The minimum Gasteiger partial charge on any atom is -0.481 e. The Balaban J connectivity index is 2.31. The van der Waals surface area contributed by atoms with Crippen molar-refractivity contribution in [2.75, 3.05) is 7.11 Å². The van der Waals surface area contributed by atoms with Crippen molar-refractivity contribution in [3.8, 4) is 11.1 Å². The van der Waals surface area contributed by atoms with Crippen LogP contribution in [0.1, 0.15) is 17.5 Å². The average molecular weight is 371 g/mol. The second kappa shape index (κ2) is 8.70. The molecule has 2 rings (SSSR count). The molecule has 0 aliphatic rings. The molecule has 0 unspecified atom stereocenters. The summed E-state index contributed by atoms with van der Waals surface area (Å²) < 4.78 is 4.35. The number of nitro groups is 1. The molecule has 0 fully saturated rings. The summed E-state index contributed by atoms with van der Waals surface area (Å²) in [4.78, 5) is 44.3. The maximum atomic E-state index is 11.8. The van der Waals surface area contributed by atoms with E-state index in [0.717, 1.165) is 18.2 Å². The van der Waals surface area contributed by atoms with Crippen molar-refractivity contribution in [1.29, 1.82) is 0 Å². The van der Waals surface area contributed by atoms with Crippen LogP contribution < -0.4 is 0 Å². The Morgan fingerprint density at radius 1 is 1.07 bits per heavy atom. The predicted molar refractivity (Wildman–Crippen MR) is 95.2 cm³/mol. The molecule has 0 saturated carbocycles. The van der Waals surface area contributed by atoms with Gasteiger partial charge in [-0.3, -0.25) is 19.7 Å². The fraction of sp³-hybridized carbons (Fsp3) is 0.211. The van der Waals surface area contributed by atoms with Crippen LogP contribution in [0.5, 0.6) is 0 Å². The van der Waals surface area contributed by atoms with E-state index in [2.05, 4.69) is 4.74 Å². The zero-order chi connectivity index (χ0) is 20.0. The number of aliphatic carboxylic acids is 1. The molecule has 0 radical (unpaired) electrons. The van der Waals surface area contributed by atoms with Crippen LogP contribution in [0.2, 0.25) is 0 Å². The van der Waals surface area contributed by atoms with Crippen LogP contribution in [0.15, 0.2) is 42.5 Å². The monoisotopic (exact) mass is 371 g/mol. The second-order valence-corrected chi connectivity index (χ2v) is 5.78. The molecule has 2 aromatic rings. The standard InChI is InChI=1S/C19H17NO7/c1-27-19(24)17(21)11-15-10-14(7-8-16(15)20(25)26)13-5-2-12(3-6-13)4-9-18(22)23/h2-3,5-8,10H,4,9,11H2,1H3,(H,22,23). The SMILES string of the molecule is COC(=O)C(=O)Cc1cc(-c2ccc(CCC(=O)O)cc2)ccc1[N+](=O)[O-]. The number of ketones is 1. The van der Waals surface area contributed by atoms with E-state index in [0.29, 0.717) is 12.0 Å². The Bertz CT molecular complexity index is 887. The number of benzene rings is 2. The lowest BCUT2D eigenvalue weighted by Crippen LogP contribution is -2.18. The smallest absolute Gasteiger partial charge is 0.374 e. The van der Waals surface area contributed by atoms with Gasteiger partial charge in [0.25, 0.3) is 5.69 Å². The van der Waals surface area contributed by atoms with Crippen LogP contribution in [0.25, 0.3) is 11.1 Å². The number of carbonyl (C=O) groups is 3. The van der Waals surface area contributed by atoms with E-state index in [9.17, 15) is 24.5 Å². The van der Waals surface area contributed by atoms with E-state index in [-0.39, 0.29) is 17.7 Å². The quantitative estimate of drug-likeness (QED) is 0.327. The van der Waals surface area contributed by atoms with E-state index in [1.807, 2.05) is 0 Å². The van der Waals surface area contributed by atoms with Crippen molar-refractivity contribution in [1.82, 2.24) is 0 Å². The zero-order valence-corrected chi connectivity index (χ0v) is 14.5. The highest BCUT2D eigenvalue weighted by Crippen LogP contribution is 2.27. The fourth-order valence-electron chi connectivity index (χ4n) is 2.56. The molecule has 0 aromatic heterocycles. The van der Waals surface area contributed by atoms with Crippen LogP contribution in [0, 0.1) is 10.1 Å². The van der Waals surface area contributed by atoms with Gasteiger partial charge in [0, 0.05) is 24.5 Å².